The van der Waals surface area contributed by atoms with E-state index in [0.29, 0.717) is 0 Å². The van der Waals surface area contributed by atoms with Gasteiger partial charge in [-0.25, -0.2) is 0 Å². The first-order valence-electron chi connectivity index (χ1n) is 13.6. The maximum atomic E-state index is 6.51. The van der Waals surface area contributed by atoms with Gasteiger partial charge in [-0.05, 0) is 75.0 Å². The largest absolute Gasteiger partial charge is 0.493 e. The van der Waals surface area contributed by atoms with Crippen molar-refractivity contribution in [1.82, 2.24) is 0 Å². The quantitative estimate of drug-likeness (QED) is 0.173. The fraction of sp³-hybridized carbons (Fsp3) is 0.562. The molecule has 0 aliphatic heterocycles. The summed E-state index contributed by atoms with van der Waals surface area (Å²) in [6, 6.07) is 13.6. The van der Waals surface area contributed by atoms with Crippen LogP contribution in [0.4, 0.5) is 0 Å². The van der Waals surface area contributed by atoms with E-state index in [0.717, 1.165) is 51.6 Å². The van der Waals surface area contributed by atoms with Gasteiger partial charge in [0.2, 0.25) is 0 Å². The first-order chi connectivity index (χ1) is 16.1. The predicted molar refractivity (Wildman–Crippen MR) is 146 cm³/mol. The molecule has 0 saturated heterocycles. The van der Waals surface area contributed by atoms with Crippen LogP contribution < -0.4 is 4.74 Å². The molecule has 0 aliphatic rings. The summed E-state index contributed by atoms with van der Waals surface area (Å²) >= 11 is 0. The minimum absolute atomic E-state index is 0.829. The lowest BCUT2D eigenvalue weighted by molar-refractivity contribution is 0.300. The Labute approximate surface area is 204 Å². The number of hydrogen-bond acceptors (Lipinski definition) is 1. The van der Waals surface area contributed by atoms with Gasteiger partial charge in [0.1, 0.15) is 5.75 Å². The average molecular weight is 449 g/mol. The first kappa shape index (κ1) is 27.2. The number of rotatable bonds is 17. The van der Waals surface area contributed by atoms with E-state index in [1.165, 1.54) is 77.7 Å². The van der Waals surface area contributed by atoms with Crippen molar-refractivity contribution in [3.05, 3.63) is 76.4 Å². The van der Waals surface area contributed by atoms with Crippen molar-refractivity contribution < 1.29 is 4.74 Å². The first-order valence-corrected chi connectivity index (χ1v) is 13.6. The highest BCUT2D eigenvalue weighted by atomic mass is 16.5. The van der Waals surface area contributed by atoms with Gasteiger partial charge in [-0.2, -0.15) is 0 Å². The van der Waals surface area contributed by atoms with Crippen molar-refractivity contribution in [3.8, 4) is 5.75 Å². The molecule has 0 radical (unpaired) electrons. The molecule has 0 aliphatic carbocycles. The van der Waals surface area contributed by atoms with Crippen LogP contribution in [0.25, 0.3) is 0 Å². The predicted octanol–water partition coefficient (Wildman–Crippen LogP) is 9.37. The summed E-state index contributed by atoms with van der Waals surface area (Å²) in [5, 5.41) is 0. The zero-order valence-electron chi connectivity index (χ0n) is 22.0. The molecule has 1 heteroatoms. The molecule has 0 fully saturated rings. The van der Waals surface area contributed by atoms with E-state index in [9.17, 15) is 0 Å². The summed E-state index contributed by atoms with van der Waals surface area (Å²) in [6.07, 6.45) is 15.2. The van der Waals surface area contributed by atoms with E-state index >= 15 is 0 Å². The highest BCUT2D eigenvalue weighted by molar-refractivity contribution is 5.48. The van der Waals surface area contributed by atoms with Gasteiger partial charge in [0.25, 0.3) is 0 Å². The van der Waals surface area contributed by atoms with Crippen LogP contribution in [0, 0.1) is 6.92 Å². The van der Waals surface area contributed by atoms with Crippen molar-refractivity contribution >= 4 is 0 Å². The van der Waals surface area contributed by atoms with Gasteiger partial charge in [-0.1, -0.05) is 107 Å². The number of benzene rings is 2. The molecule has 2 rings (SSSR count). The molecule has 2 aromatic rings. The van der Waals surface area contributed by atoms with E-state index in [2.05, 4.69) is 70.7 Å². The molecule has 182 valence electrons. The molecule has 0 amide bonds. The topological polar surface area (TPSA) is 9.23 Å². The Bertz CT molecular complexity index is 815. The molecule has 1 nitrogen and oxygen atoms in total. The zero-order valence-corrected chi connectivity index (χ0v) is 22.0. The molecule has 0 heterocycles. The summed E-state index contributed by atoms with van der Waals surface area (Å²) < 4.78 is 6.51. The van der Waals surface area contributed by atoms with E-state index in [-0.39, 0.29) is 0 Å². The van der Waals surface area contributed by atoms with Gasteiger partial charge in [-0.3, -0.25) is 0 Å². The van der Waals surface area contributed by atoms with Crippen LogP contribution in [0.1, 0.15) is 106 Å². The highest BCUT2D eigenvalue weighted by Gasteiger charge is 2.15. The Morgan fingerprint density at radius 3 is 2.15 bits per heavy atom. The third-order valence-electron chi connectivity index (χ3n) is 6.66. The summed E-state index contributed by atoms with van der Waals surface area (Å²) in [7, 11) is 0. The molecular formula is C32H48O. The Hall–Kier alpha value is -2.02. The molecule has 0 atom stereocenters. The second-order valence-electron chi connectivity index (χ2n) is 9.68. The van der Waals surface area contributed by atoms with E-state index < -0.39 is 0 Å². The van der Waals surface area contributed by atoms with Crippen LogP contribution in [0.5, 0.6) is 5.75 Å². The third kappa shape index (κ3) is 9.78. The van der Waals surface area contributed by atoms with Crippen LogP contribution in [0.2, 0.25) is 0 Å². The molecule has 0 unspecified atom stereocenters. The number of allylic oxidation sites excluding steroid dienone is 1. The minimum atomic E-state index is 0.829. The minimum Gasteiger partial charge on any atom is -0.493 e. The number of aryl methyl sites for hydroxylation is 4. The molecule has 0 aromatic heterocycles. The number of ether oxygens (including phenoxy) is 1. The van der Waals surface area contributed by atoms with Crippen molar-refractivity contribution in [2.24, 2.45) is 0 Å². The van der Waals surface area contributed by atoms with E-state index in [1.54, 1.807) is 0 Å². The number of hydrogen-bond donors (Lipinski definition) is 0. The monoisotopic (exact) mass is 448 g/mol. The fourth-order valence-electron chi connectivity index (χ4n) is 4.52. The van der Waals surface area contributed by atoms with E-state index in [1.807, 2.05) is 0 Å². The Kier molecular flexibility index (Phi) is 13.0. The lowest BCUT2D eigenvalue weighted by atomic mass is 9.91. The second-order valence-corrected chi connectivity index (χ2v) is 9.68. The second kappa shape index (κ2) is 15.8. The molecule has 0 bridgehead atoms. The molecule has 0 saturated carbocycles. The average Bonchev–Trinajstić information content (AvgIpc) is 2.82. The van der Waals surface area contributed by atoms with Crippen LogP contribution in [0.15, 0.2) is 48.6 Å². The van der Waals surface area contributed by atoms with Gasteiger partial charge < -0.3 is 4.74 Å². The van der Waals surface area contributed by atoms with Crippen LogP contribution >= 0.6 is 0 Å². The molecule has 33 heavy (non-hydrogen) atoms. The third-order valence-corrected chi connectivity index (χ3v) is 6.66. The Morgan fingerprint density at radius 1 is 0.758 bits per heavy atom. The summed E-state index contributed by atoms with van der Waals surface area (Å²) in [5.41, 5.74) is 8.33. The van der Waals surface area contributed by atoms with Crippen LogP contribution in [-0.2, 0) is 25.7 Å². The standard InChI is InChI=1S/C32H48O/c1-6-9-11-12-17-30-23-22-29(8-3)31(32(30)33-24-13-10-7-2)25-27(5)15-14-16-28-20-18-26(4)19-21-28/h18-23H,5-17,24-25H2,1-4H3. The Balaban J connectivity index is 2.09. The van der Waals surface area contributed by atoms with Gasteiger partial charge >= 0.3 is 0 Å². The van der Waals surface area contributed by atoms with Gasteiger partial charge in [0.15, 0.2) is 0 Å². The maximum absolute atomic E-state index is 6.51. The molecule has 0 spiro atoms. The SMILES string of the molecule is C=C(CCCc1ccc(C)cc1)Cc1c(CC)ccc(CCCCCC)c1OCCCCC. The highest BCUT2D eigenvalue weighted by Crippen LogP contribution is 2.32. The van der Waals surface area contributed by atoms with Gasteiger partial charge in [0.05, 0.1) is 6.61 Å². The summed E-state index contributed by atoms with van der Waals surface area (Å²) in [4.78, 5) is 0. The zero-order chi connectivity index (χ0) is 23.9. The lowest BCUT2D eigenvalue weighted by Crippen LogP contribution is -2.07. The normalized spacial score (nSPS) is 11.0. The Morgan fingerprint density at radius 2 is 1.45 bits per heavy atom. The van der Waals surface area contributed by atoms with Crippen LogP contribution in [-0.4, -0.2) is 6.61 Å². The van der Waals surface area contributed by atoms with Crippen molar-refractivity contribution in [2.75, 3.05) is 6.61 Å². The van der Waals surface area contributed by atoms with Crippen molar-refractivity contribution in [1.29, 1.82) is 0 Å². The summed E-state index contributed by atoms with van der Waals surface area (Å²) in [6.45, 7) is 14.3. The van der Waals surface area contributed by atoms with Crippen molar-refractivity contribution in [2.45, 2.75) is 111 Å². The molecule has 2 aromatic carbocycles. The van der Waals surface area contributed by atoms with Crippen LogP contribution in [0.3, 0.4) is 0 Å². The molecular weight excluding hydrogens is 400 g/mol. The number of unbranched alkanes of at least 4 members (excludes halogenated alkanes) is 5. The lowest BCUT2D eigenvalue weighted by Gasteiger charge is -2.20. The summed E-state index contributed by atoms with van der Waals surface area (Å²) in [5.74, 6) is 1.18. The fourth-order valence-corrected chi connectivity index (χ4v) is 4.52. The van der Waals surface area contributed by atoms with Crippen molar-refractivity contribution in [3.63, 3.8) is 0 Å². The smallest absolute Gasteiger partial charge is 0.126 e. The van der Waals surface area contributed by atoms with Gasteiger partial charge in [-0.15, -0.1) is 0 Å². The maximum Gasteiger partial charge on any atom is 0.126 e. The molecule has 0 N–H and O–H groups in total. The van der Waals surface area contributed by atoms with Gasteiger partial charge in [0, 0.05) is 5.56 Å². The van der Waals surface area contributed by atoms with E-state index in [4.69, 9.17) is 4.74 Å².